The Bertz CT molecular complexity index is 1120. The fraction of sp³-hybridized carbons (Fsp3) is 0.273. The van der Waals surface area contributed by atoms with Crippen molar-refractivity contribution in [1.29, 1.82) is 0 Å². The highest BCUT2D eigenvalue weighted by atomic mass is 35.5. The van der Waals surface area contributed by atoms with Crippen LogP contribution in [0.4, 0.5) is 23.2 Å². The Morgan fingerprint density at radius 3 is 2.38 bits per heavy atom. The molecule has 5 nitrogen and oxygen atoms in total. The van der Waals surface area contributed by atoms with Crippen molar-refractivity contribution in [3.05, 3.63) is 76.6 Å². The fourth-order valence-electron chi connectivity index (χ4n) is 3.85. The predicted molar refractivity (Wildman–Crippen MR) is 115 cm³/mol. The fourth-order valence-corrected chi connectivity index (χ4v) is 3.85. The number of rotatable bonds is 4. The Morgan fingerprint density at radius 2 is 1.75 bits per heavy atom. The van der Waals surface area contributed by atoms with E-state index in [1.54, 1.807) is 4.68 Å². The quantitative estimate of drug-likeness (QED) is 0.424. The Balaban J connectivity index is 0.00000289. The summed E-state index contributed by atoms with van der Waals surface area (Å²) in [6.07, 6.45) is 2.77. The molecule has 0 atom stereocenters. The van der Waals surface area contributed by atoms with Crippen molar-refractivity contribution < 1.29 is 22.4 Å². The Labute approximate surface area is 188 Å². The van der Waals surface area contributed by atoms with E-state index >= 15 is 0 Å². The lowest BCUT2D eigenvalue weighted by Crippen LogP contribution is -2.29. The number of hydrogen-bond donors (Lipinski definition) is 2. The van der Waals surface area contributed by atoms with Gasteiger partial charge in [-0.1, -0.05) is 12.1 Å². The van der Waals surface area contributed by atoms with Gasteiger partial charge >= 0.3 is 0 Å². The zero-order chi connectivity index (χ0) is 22.1. The molecule has 1 saturated heterocycles. The molecule has 0 aliphatic carbocycles. The van der Waals surface area contributed by atoms with E-state index in [9.17, 15) is 22.4 Å². The molecule has 0 bridgehead atoms. The minimum absolute atomic E-state index is 0. The summed E-state index contributed by atoms with van der Waals surface area (Å²) in [5.41, 5.74) is 1.25. The number of amides is 1. The van der Waals surface area contributed by atoms with Crippen LogP contribution in [0.25, 0.3) is 5.69 Å². The number of aromatic nitrogens is 2. The van der Waals surface area contributed by atoms with Crippen molar-refractivity contribution >= 4 is 24.0 Å². The van der Waals surface area contributed by atoms with E-state index in [0.29, 0.717) is 5.69 Å². The highest BCUT2D eigenvalue weighted by Crippen LogP contribution is 2.32. The maximum atomic E-state index is 14.1. The molecule has 1 fully saturated rings. The molecule has 0 unspecified atom stereocenters. The third-order valence-corrected chi connectivity index (χ3v) is 5.37. The molecule has 0 spiro atoms. The topological polar surface area (TPSA) is 59.0 Å². The van der Waals surface area contributed by atoms with Crippen molar-refractivity contribution in [3.8, 4) is 5.69 Å². The van der Waals surface area contributed by atoms with E-state index in [-0.39, 0.29) is 30.0 Å². The van der Waals surface area contributed by atoms with Crippen LogP contribution in [0.1, 0.15) is 40.4 Å². The number of aryl methyl sites for hydroxylation is 1. The summed E-state index contributed by atoms with van der Waals surface area (Å²) in [4.78, 5) is 13.0. The van der Waals surface area contributed by atoms with Crippen LogP contribution in [0.15, 0.2) is 36.5 Å². The van der Waals surface area contributed by atoms with E-state index in [2.05, 4.69) is 10.4 Å². The second kappa shape index (κ2) is 9.70. The van der Waals surface area contributed by atoms with Gasteiger partial charge in [0.05, 0.1) is 23.1 Å². The van der Waals surface area contributed by atoms with Gasteiger partial charge in [-0.15, -0.1) is 12.4 Å². The number of nitrogens with zero attached hydrogens (tertiary/aromatic N) is 2. The van der Waals surface area contributed by atoms with Gasteiger partial charge in [-0.2, -0.15) is 5.10 Å². The number of benzene rings is 2. The van der Waals surface area contributed by atoms with Crippen LogP contribution < -0.4 is 10.6 Å². The average Bonchev–Trinajstić information content (AvgIpc) is 3.21. The summed E-state index contributed by atoms with van der Waals surface area (Å²) in [6, 6.07) is 7.62. The zero-order valence-corrected chi connectivity index (χ0v) is 17.9. The third-order valence-electron chi connectivity index (χ3n) is 5.37. The zero-order valence-electron chi connectivity index (χ0n) is 17.1. The Kier molecular flexibility index (Phi) is 7.20. The molecular formula is C22H21ClF4N4O. The molecule has 3 aromatic rings. The van der Waals surface area contributed by atoms with E-state index < -0.39 is 34.9 Å². The van der Waals surface area contributed by atoms with Crippen LogP contribution in [-0.4, -0.2) is 28.8 Å². The van der Waals surface area contributed by atoms with E-state index in [1.807, 2.05) is 36.5 Å². The minimum atomic E-state index is -1.67. The van der Waals surface area contributed by atoms with Gasteiger partial charge in [0.25, 0.3) is 5.91 Å². The lowest BCUT2D eigenvalue weighted by atomic mass is 9.91. The lowest BCUT2D eigenvalue weighted by molar-refractivity contribution is 0.102. The van der Waals surface area contributed by atoms with Crippen LogP contribution in [0.3, 0.4) is 0 Å². The monoisotopic (exact) mass is 468 g/mol. The number of piperidine rings is 1. The lowest BCUT2D eigenvalue weighted by Gasteiger charge is -2.25. The van der Waals surface area contributed by atoms with E-state index in [4.69, 9.17) is 0 Å². The number of carbonyl (C=O) groups is 1. The molecule has 2 aromatic carbocycles. The molecule has 1 aliphatic heterocycles. The molecule has 4 rings (SSSR count). The van der Waals surface area contributed by atoms with Gasteiger partial charge < -0.3 is 10.6 Å². The largest absolute Gasteiger partial charge is 0.317 e. The smallest absolute Gasteiger partial charge is 0.259 e. The van der Waals surface area contributed by atoms with Crippen molar-refractivity contribution in [3.63, 3.8) is 0 Å². The number of anilines is 1. The second-order valence-corrected chi connectivity index (χ2v) is 7.52. The summed E-state index contributed by atoms with van der Waals surface area (Å²) in [5, 5.41) is 9.59. The van der Waals surface area contributed by atoms with Gasteiger partial charge in [-0.25, -0.2) is 22.2 Å². The third kappa shape index (κ3) is 4.49. The normalized spacial score (nSPS) is 14.2. The van der Waals surface area contributed by atoms with Crippen LogP contribution in [0, 0.1) is 30.2 Å². The first kappa shape index (κ1) is 23.7. The van der Waals surface area contributed by atoms with Gasteiger partial charge in [0.1, 0.15) is 5.69 Å². The van der Waals surface area contributed by atoms with Crippen molar-refractivity contribution in [2.75, 3.05) is 18.4 Å². The molecule has 1 amide bonds. The second-order valence-electron chi connectivity index (χ2n) is 7.52. The molecule has 2 heterocycles. The van der Waals surface area contributed by atoms with Crippen LogP contribution >= 0.6 is 12.4 Å². The summed E-state index contributed by atoms with van der Waals surface area (Å²) in [5.74, 6) is -7.45. The van der Waals surface area contributed by atoms with Gasteiger partial charge in [0, 0.05) is 12.0 Å². The van der Waals surface area contributed by atoms with E-state index in [1.165, 1.54) is 6.20 Å². The summed E-state index contributed by atoms with van der Waals surface area (Å²) >= 11 is 0. The van der Waals surface area contributed by atoms with Crippen LogP contribution in [0.2, 0.25) is 0 Å². The predicted octanol–water partition coefficient (Wildman–Crippen LogP) is 4.88. The first-order valence-electron chi connectivity index (χ1n) is 9.87. The van der Waals surface area contributed by atoms with Crippen LogP contribution in [-0.2, 0) is 0 Å². The van der Waals surface area contributed by atoms with Gasteiger partial charge in [-0.3, -0.25) is 4.79 Å². The summed E-state index contributed by atoms with van der Waals surface area (Å²) < 4.78 is 56.9. The molecule has 32 heavy (non-hydrogen) atoms. The summed E-state index contributed by atoms with van der Waals surface area (Å²) in [6.45, 7) is 3.40. The van der Waals surface area contributed by atoms with Crippen molar-refractivity contribution in [2.45, 2.75) is 25.7 Å². The minimum Gasteiger partial charge on any atom is -0.317 e. The van der Waals surface area contributed by atoms with Gasteiger partial charge in [0.15, 0.2) is 23.3 Å². The molecule has 1 aliphatic rings. The SMILES string of the molecule is Cc1cccc(-n2ncc(C(=O)Nc3c(F)c(F)cc(F)c3F)c2C2CCNCC2)c1.Cl. The number of nitrogens with one attached hydrogen (secondary N) is 2. The van der Waals surface area contributed by atoms with Crippen molar-refractivity contribution in [2.24, 2.45) is 0 Å². The molecule has 2 N–H and O–H groups in total. The number of hydrogen-bond acceptors (Lipinski definition) is 3. The number of carbonyl (C=O) groups excluding carboxylic acids is 1. The van der Waals surface area contributed by atoms with Gasteiger partial charge in [-0.05, 0) is 50.6 Å². The molecular weight excluding hydrogens is 448 g/mol. The highest BCUT2D eigenvalue weighted by Gasteiger charge is 2.29. The molecule has 0 saturated carbocycles. The Morgan fingerprint density at radius 1 is 1.09 bits per heavy atom. The van der Waals surface area contributed by atoms with Crippen LogP contribution in [0.5, 0.6) is 0 Å². The Hall–Kier alpha value is -2.91. The molecule has 10 heteroatoms. The summed E-state index contributed by atoms with van der Waals surface area (Å²) in [7, 11) is 0. The molecule has 1 aromatic heterocycles. The maximum Gasteiger partial charge on any atom is 0.259 e. The van der Waals surface area contributed by atoms with Crippen molar-refractivity contribution in [1.82, 2.24) is 15.1 Å². The molecule has 0 radical (unpaired) electrons. The standard InChI is InChI=1S/C22H20F4N4O.ClH/c1-12-3-2-4-14(9-12)30-21(13-5-7-27-8-6-13)15(11-28-30)22(31)29-20-18(25)16(23)10-17(24)19(20)26;/h2-4,9-11,13,27H,5-8H2,1H3,(H,29,31);1H. The van der Waals surface area contributed by atoms with Gasteiger partial charge in [0.2, 0.25) is 0 Å². The average molecular weight is 469 g/mol. The number of halogens is 5. The van der Waals surface area contributed by atoms with E-state index in [0.717, 1.165) is 37.2 Å². The first-order valence-corrected chi connectivity index (χ1v) is 9.87. The molecule has 170 valence electrons. The first-order chi connectivity index (χ1) is 14.9. The maximum absolute atomic E-state index is 14.1. The highest BCUT2D eigenvalue weighted by molar-refractivity contribution is 6.05.